The summed E-state index contributed by atoms with van der Waals surface area (Å²) in [6, 6.07) is 13.9. The number of carbonyl (C=O) groups excluding carboxylic acids is 2. The van der Waals surface area contributed by atoms with Crippen LogP contribution in [-0.2, 0) is 0 Å². The van der Waals surface area contributed by atoms with Crippen molar-refractivity contribution in [1.29, 1.82) is 0 Å². The minimum absolute atomic E-state index is 0.0661. The van der Waals surface area contributed by atoms with E-state index in [9.17, 15) is 9.59 Å². The van der Waals surface area contributed by atoms with Crippen molar-refractivity contribution in [1.82, 2.24) is 15.1 Å². The summed E-state index contributed by atoms with van der Waals surface area (Å²) in [6.07, 6.45) is 1.56. The largest absolute Gasteiger partial charge is 0.341 e. The molecule has 2 aromatic carbocycles. The van der Waals surface area contributed by atoms with Crippen molar-refractivity contribution in [2.24, 2.45) is 0 Å². The molecule has 0 radical (unpaired) electrons. The van der Waals surface area contributed by atoms with Gasteiger partial charge in [0.05, 0.1) is 23.1 Å². The molecular formula is C21H22ClN5O2. The lowest BCUT2D eigenvalue weighted by Crippen LogP contribution is -2.24. The highest BCUT2D eigenvalue weighted by Crippen LogP contribution is 2.25. The molecule has 3 aromatic rings. The lowest BCUT2D eigenvalue weighted by Gasteiger charge is -2.13. The molecule has 0 unspecified atom stereocenters. The SMILES string of the molecule is CNC(=O)Nc1ccc(NC(=O)c2cnn(-c3cccc(Cl)c3)c2C(C)C)cc1. The Labute approximate surface area is 174 Å². The van der Waals surface area contributed by atoms with Crippen molar-refractivity contribution in [2.75, 3.05) is 17.7 Å². The van der Waals surface area contributed by atoms with E-state index in [4.69, 9.17) is 11.6 Å². The maximum atomic E-state index is 12.9. The van der Waals surface area contributed by atoms with E-state index in [1.807, 2.05) is 26.0 Å². The average molecular weight is 412 g/mol. The van der Waals surface area contributed by atoms with Gasteiger partial charge in [0.25, 0.3) is 5.91 Å². The van der Waals surface area contributed by atoms with Crippen LogP contribution in [0.3, 0.4) is 0 Å². The van der Waals surface area contributed by atoms with Crippen molar-refractivity contribution in [2.45, 2.75) is 19.8 Å². The highest BCUT2D eigenvalue weighted by Gasteiger charge is 2.21. The lowest BCUT2D eigenvalue weighted by molar-refractivity contribution is 0.102. The molecule has 7 nitrogen and oxygen atoms in total. The number of benzene rings is 2. The van der Waals surface area contributed by atoms with Gasteiger partial charge in [-0.1, -0.05) is 31.5 Å². The number of nitrogens with one attached hydrogen (secondary N) is 3. The Morgan fingerprint density at radius 1 is 1.03 bits per heavy atom. The zero-order valence-corrected chi connectivity index (χ0v) is 17.1. The second-order valence-corrected chi connectivity index (χ2v) is 7.16. The van der Waals surface area contributed by atoms with Crippen LogP contribution in [0.5, 0.6) is 0 Å². The highest BCUT2D eigenvalue weighted by molar-refractivity contribution is 6.30. The maximum Gasteiger partial charge on any atom is 0.318 e. The van der Waals surface area contributed by atoms with Crippen molar-refractivity contribution >= 4 is 34.9 Å². The molecule has 0 fully saturated rings. The summed E-state index contributed by atoms with van der Waals surface area (Å²) in [5.74, 6) is -0.189. The first-order valence-electron chi connectivity index (χ1n) is 9.13. The van der Waals surface area contributed by atoms with Gasteiger partial charge in [0, 0.05) is 23.4 Å². The Bertz CT molecular complexity index is 1030. The molecule has 3 N–H and O–H groups in total. The summed E-state index contributed by atoms with van der Waals surface area (Å²) in [7, 11) is 1.54. The number of nitrogens with zero attached hydrogens (tertiary/aromatic N) is 2. The van der Waals surface area contributed by atoms with Crippen LogP contribution in [0.4, 0.5) is 16.2 Å². The molecule has 0 aliphatic carbocycles. The molecule has 0 spiro atoms. The first-order valence-corrected chi connectivity index (χ1v) is 9.51. The standard InChI is InChI=1S/C21H22ClN5O2/c1-13(2)19-18(12-24-27(19)17-6-4-5-14(22)11-17)20(28)25-15-7-9-16(10-8-15)26-21(29)23-3/h4-13H,1-3H3,(H,25,28)(H2,23,26,29). The van der Waals surface area contributed by atoms with Crippen LogP contribution in [0.2, 0.25) is 5.02 Å². The number of rotatable bonds is 5. The van der Waals surface area contributed by atoms with E-state index in [1.165, 1.54) is 0 Å². The normalized spacial score (nSPS) is 10.7. The van der Waals surface area contributed by atoms with Gasteiger partial charge in [-0.25, -0.2) is 9.48 Å². The summed E-state index contributed by atoms with van der Waals surface area (Å²) >= 11 is 6.11. The molecule has 0 aliphatic rings. The number of amides is 3. The molecule has 1 heterocycles. The molecule has 29 heavy (non-hydrogen) atoms. The molecular weight excluding hydrogens is 390 g/mol. The predicted octanol–water partition coefficient (Wildman–Crippen LogP) is 4.65. The number of aromatic nitrogens is 2. The van der Waals surface area contributed by atoms with Crippen LogP contribution in [0.15, 0.2) is 54.7 Å². The summed E-state index contributed by atoms with van der Waals surface area (Å²) in [6.45, 7) is 4.02. The lowest BCUT2D eigenvalue weighted by atomic mass is 10.0. The smallest absolute Gasteiger partial charge is 0.318 e. The minimum Gasteiger partial charge on any atom is -0.341 e. The second kappa shape index (κ2) is 8.79. The molecule has 0 saturated carbocycles. The van der Waals surface area contributed by atoms with Gasteiger partial charge in [0.15, 0.2) is 0 Å². The van der Waals surface area contributed by atoms with Crippen molar-refractivity contribution in [3.8, 4) is 5.69 Å². The highest BCUT2D eigenvalue weighted by atomic mass is 35.5. The molecule has 0 saturated heterocycles. The Kier molecular flexibility index (Phi) is 6.19. The molecule has 1 aromatic heterocycles. The number of carbonyl (C=O) groups is 2. The average Bonchev–Trinajstić information content (AvgIpc) is 3.15. The molecule has 0 atom stereocenters. The zero-order valence-electron chi connectivity index (χ0n) is 16.4. The van der Waals surface area contributed by atoms with E-state index in [-0.39, 0.29) is 17.9 Å². The quantitative estimate of drug-likeness (QED) is 0.570. The van der Waals surface area contributed by atoms with Crippen LogP contribution in [0.25, 0.3) is 5.69 Å². The predicted molar refractivity (Wildman–Crippen MR) is 115 cm³/mol. The van der Waals surface area contributed by atoms with Gasteiger partial charge in [-0.2, -0.15) is 5.10 Å². The Balaban J connectivity index is 1.83. The van der Waals surface area contributed by atoms with Gasteiger partial charge < -0.3 is 16.0 Å². The maximum absolute atomic E-state index is 12.9. The van der Waals surface area contributed by atoms with Gasteiger partial charge in [-0.05, 0) is 48.4 Å². The Morgan fingerprint density at radius 3 is 2.28 bits per heavy atom. The van der Waals surface area contributed by atoms with Crippen LogP contribution < -0.4 is 16.0 Å². The first kappa shape index (κ1) is 20.4. The molecule has 8 heteroatoms. The topological polar surface area (TPSA) is 88.1 Å². The van der Waals surface area contributed by atoms with Gasteiger partial charge in [-0.15, -0.1) is 0 Å². The monoisotopic (exact) mass is 411 g/mol. The van der Waals surface area contributed by atoms with Gasteiger partial charge >= 0.3 is 6.03 Å². The molecule has 0 bridgehead atoms. The van der Waals surface area contributed by atoms with E-state index >= 15 is 0 Å². The van der Waals surface area contributed by atoms with E-state index in [2.05, 4.69) is 21.0 Å². The van der Waals surface area contributed by atoms with E-state index in [0.717, 1.165) is 11.4 Å². The first-order chi connectivity index (χ1) is 13.9. The summed E-state index contributed by atoms with van der Waals surface area (Å²) in [4.78, 5) is 24.3. The number of anilines is 2. The van der Waals surface area contributed by atoms with E-state index < -0.39 is 0 Å². The van der Waals surface area contributed by atoms with Crippen molar-refractivity contribution in [3.05, 3.63) is 71.0 Å². The number of halogens is 1. The third-order valence-corrected chi connectivity index (χ3v) is 4.51. The minimum atomic E-state index is -0.309. The number of urea groups is 1. The fourth-order valence-corrected chi connectivity index (χ4v) is 3.12. The molecule has 150 valence electrons. The van der Waals surface area contributed by atoms with Crippen LogP contribution in [0, 0.1) is 0 Å². The Hall–Kier alpha value is -3.32. The number of hydrogen-bond acceptors (Lipinski definition) is 3. The second-order valence-electron chi connectivity index (χ2n) is 6.73. The van der Waals surface area contributed by atoms with Gasteiger partial charge in [0.1, 0.15) is 0 Å². The van der Waals surface area contributed by atoms with Crippen LogP contribution in [-0.4, -0.2) is 28.8 Å². The third kappa shape index (κ3) is 4.75. The van der Waals surface area contributed by atoms with Crippen LogP contribution >= 0.6 is 11.6 Å². The van der Waals surface area contributed by atoms with Crippen LogP contribution in [0.1, 0.15) is 35.8 Å². The Morgan fingerprint density at radius 2 is 1.69 bits per heavy atom. The van der Waals surface area contributed by atoms with E-state index in [0.29, 0.717) is 22.0 Å². The fourth-order valence-electron chi connectivity index (χ4n) is 2.93. The molecule has 3 amide bonds. The van der Waals surface area contributed by atoms with Crippen molar-refractivity contribution < 1.29 is 9.59 Å². The third-order valence-electron chi connectivity index (χ3n) is 4.28. The molecule has 0 aliphatic heterocycles. The van der Waals surface area contributed by atoms with Gasteiger partial charge in [-0.3, -0.25) is 4.79 Å². The number of hydrogen-bond donors (Lipinski definition) is 3. The summed E-state index contributed by atoms with van der Waals surface area (Å²) < 4.78 is 1.74. The zero-order chi connectivity index (χ0) is 21.0. The summed E-state index contributed by atoms with van der Waals surface area (Å²) in [5, 5.41) is 13.0. The van der Waals surface area contributed by atoms with Gasteiger partial charge in [0.2, 0.25) is 0 Å². The fraction of sp³-hybridized carbons (Fsp3) is 0.190. The summed E-state index contributed by atoms with van der Waals surface area (Å²) in [5.41, 5.74) is 3.32. The van der Waals surface area contributed by atoms with E-state index in [1.54, 1.807) is 54.3 Å². The van der Waals surface area contributed by atoms with Crippen molar-refractivity contribution in [3.63, 3.8) is 0 Å². The molecule has 3 rings (SSSR count).